The van der Waals surface area contributed by atoms with Crippen LogP contribution in [0.1, 0.15) is 39.5 Å². The molecule has 0 bridgehead atoms. The van der Waals surface area contributed by atoms with E-state index in [-0.39, 0.29) is 0 Å². The number of hydrogen-bond donors (Lipinski definition) is 0. The molecule has 3 heteroatoms. The summed E-state index contributed by atoms with van der Waals surface area (Å²) in [6, 6.07) is 0. The Morgan fingerprint density at radius 2 is 2.08 bits per heavy atom. The van der Waals surface area contributed by atoms with Gasteiger partial charge in [-0.15, -0.1) is 0 Å². The molecule has 0 aromatic rings. The van der Waals surface area contributed by atoms with Crippen LogP contribution in [0.5, 0.6) is 0 Å². The summed E-state index contributed by atoms with van der Waals surface area (Å²) in [5.41, 5.74) is 0. The molecule has 0 amide bonds. The summed E-state index contributed by atoms with van der Waals surface area (Å²) in [5, 5.41) is 6.49. The fourth-order valence-electron chi connectivity index (χ4n) is 1.50. The second kappa shape index (κ2) is 5.10. The fourth-order valence-corrected chi connectivity index (χ4v) is 1.50. The van der Waals surface area contributed by atoms with Crippen LogP contribution in [0.25, 0.3) is 0 Å². The average molecular weight is 183 g/mol. The SMILES string of the molecule is CCCCCCN1N=CN(C)C1C. The minimum Gasteiger partial charge on any atom is -0.343 e. The molecule has 0 radical (unpaired) electrons. The monoisotopic (exact) mass is 183 g/mol. The molecule has 1 aliphatic heterocycles. The topological polar surface area (TPSA) is 18.8 Å². The fraction of sp³-hybridized carbons (Fsp3) is 0.900. The van der Waals surface area contributed by atoms with Gasteiger partial charge in [-0.05, 0) is 13.3 Å². The molecule has 76 valence electrons. The zero-order valence-electron chi connectivity index (χ0n) is 9.03. The first-order valence-corrected chi connectivity index (χ1v) is 5.28. The lowest BCUT2D eigenvalue weighted by molar-refractivity contribution is 0.160. The van der Waals surface area contributed by atoms with Crippen molar-refractivity contribution in [3.05, 3.63) is 0 Å². The maximum Gasteiger partial charge on any atom is 0.116 e. The Labute approximate surface area is 81.4 Å². The van der Waals surface area contributed by atoms with Crippen molar-refractivity contribution in [3.8, 4) is 0 Å². The van der Waals surface area contributed by atoms with Gasteiger partial charge in [-0.1, -0.05) is 26.2 Å². The van der Waals surface area contributed by atoms with Gasteiger partial charge in [0, 0.05) is 13.6 Å². The second-order valence-corrected chi connectivity index (χ2v) is 3.75. The molecule has 3 nitrogen and oxygen atoms in total. The van der Waals surface area contributed by atoms with E-state index in [1.54, 1.807) is 0 Å². The number of hydrogen-bond acceptors (Lipinski definition) is 3. The van der Waals surface area contributed by atoms with Crippen molar-refractivity contribution >= 4 is 6.34 Å². The Morgan fingerprint density at radius 3 is 2.62 bits per heavy atom. The molecule has 0 aromatic heterocycles. The van der Waals surface area contributed by atoms with Crippen molar-refractivity contribution in [3.63, 3.8) is 0 Å². The first-order valence-electron chi connectivity index (χ1n) is 5.28. The molecule has 0 N–H and O–H groups in total. The largest absolute Gasteiger partial charge is 0.343 e. The summed E-state index contributed by atoms with van der Waals surface area (Å²) >= 11 is 0. The first-order chi connectivity index (χ1) is 6.25. The third-order valence-electron chi connectivity index (χ3n) is 2.64. The lowest BCUT2D eigenvalue weighted by Gasteiger charge is -2.24. The molecular formula is C10H21N3. The molecule has 0 saturated carbocycles. The molecule has 1 unspecified atom stereocenters. The van der Waals surface area contributed by atoms with Crippen LogP contribution in [-0.2, 0) is 0 Å². The first kappa shape index (κ1) is 10.4. The number of unbranched alkanes of at least 4 members (excludes halogenated alkanes) is 3. The van der Waals surface area contributed by atoms with Crippen LogP contribution in [0, 0.1) is 0 Å². The quantitative estimate of drug-likeness (QED) is 0.608. The highest BCUT2D eigenvalue weighted by Gasteiger charge is 2.18. The molecule has 0 aromatic carbocycles. The van der Waals surface area contributed by atoms with E-state index < -0.39 is 0 Å². The van der Waals surface area contributed by atoms with Crippen molar-refractivity contribution < 1.29 is 0 Å². The summed E-state index contributed by atoms with van der Waals surface area (Å²) in [6.45, 7) is 5.53. The van der Waals surface area contributed by atoms with Crippen LogP contribution in [0.2, 0.25) is 0 Å². The molecule has 0 aliphatic carbocycles. The van der Waals surface area contributed by atoms with Crippen LogP contribution in [-0.4, -0.2) is 36.0 Å². The van der Waals surface area contributed by atoms with Gasteiger partial charge in [-0.3, -0.25) is 5.01 Å². The third kappa shape index (κ3) is 2.90. The van der Waals surface area contributed by atoms with E-state index in [9.17, 15) is 0 Å². The van der Waals surface area contributed by atoms with E-state index in [2.05, 4.69) is 35.9 Å². The molecule has 1 atom stereocenters. The maximum absolute atomic E-state index is 4.33. The Bertz CT molecular complexity index is 168. The van der Waals surface area contributed by atoms with E-state index >= 15 is 0 Å². The predicted octanol–water partition coefficient (Wildman–Crippen LogP) is 2.10. The second-order valence-electron chi connectivity index (χ2n) is 3.75. The summed E-state index contributed by atoms with van der Waals surface area (Å²) in [4.78, 5) is 2.14. The summed E-state index contributed by atoms with van der Waals surface area (Å²) < 4.78 is 0. The van der Waals surface area contributed by atoms with Gasteiger partial charge in [0.15, 0.2) is 0 Å². The van der Waals surface area contributed by atoms with Crippen LogP contribution < -0.4 is 0 Å². The van der Waals surface area contributed by atoms with Gasteiger partial charge in [-0.25, -0.2) is 0 Å². The number of rotatable bonds is 5. The van der Waals surface area contributed by atoms with Crippen LogP contribution in [0.4, 0.5) is 0 Å². The maximum atomic E-state index is 4.33. The average Bonchev–Trinajstić information content (AvgIpc) is 2.43. The van der Waals surface area contributed by atoms with Crippen LogP contribution in [0.15, 0.2) is 5.10 Å². The zero-order chi connectivity index (χ0) is 9.68. The van der Waals surface area contributed by atoms with E-state index in [1.165, 1.54) is 25.7 Å². The van der Waals surface area contributed by atoms with Gasteiger partial charge < -0.3 is 4.90 Å². The molecule has 0 saturated heterocycles. The van der Waals surface area contributed by atoms with Crippen molar-refractivity contribution in [2.75, 3.05) is 13.6 Å². The van der Waals surface area contributed by atoms with Crippen molar-refractivity contribution in [2.24, 2.45) is 5.10 Å². The molecule has 0 fully saturated rings. The van der Waals surface area contributed by atoms with Crippen molar-refractivity contribution in [1.82, 2.24) is 9.91 Å². The molecule has 1 aliphatic rings. The van der Waals surface area contributed by atoms with E-state index in [1.807, 2.05) is 6.34 Å². The molecule has 13 heavy (non-hydrogen) atoms. The van der Waals surface area contributed by atoms with E-state index in [0.717, 1.165) is 6.54 Å². The summed E-state index contributed by atoms with van der Waals surface area (Å²) in [6.07, 6.45) is 7.61. The molecule has 1 heterocycles. The minimum absolute atomic E-state index is 0.446. The molecule has 1 rings (SSSR count). The molecular weight excluding hydrogens is 162 g/mol. The van der Waals surface area contributed by atoms with Gasteiger partial charge in [0.25, 0.3) is 0 Å². The highest BCUT2D eigenvalue weighted by Crippen LogP contribution is 2.11. The normalized spacial score (nSPS) is 21.6. The summed E-state index contributed by atoms with van der Waals surface area (Å²) in [5.74, 6) is 0. The van der Waals surface area contributed by atoms with Crippen molar-refractivity contribution in [1.29, 1.82) is 0 Å². The minimum atomic E-state index is 0.446. The van der Waals surface area contributed by atoms with Gasteiger partial charge in [0.2, 0.25) is 0 Å². The highest BCUT2D eigenvalue weighted by atomic mass is 15.6. The standard InChI is InChI=1S/C10H21N3/c1-4-5-6-7-8-13-10(2)12(3)9-11-13/h9-10H,4-8H2,1-3H3. The lowest BCUT2D eigenvalue weighted by atomic mass is 10.2. The Balaban J connectivity index is 2.12. The van der Waals surface area contributed by atoms with Crippen LogP contribution in [0.3, 0.4) is 0 Å². The zero-order valence-corrected chi connectivity index (χ0v) is 9.03. The van der Waals surface area contributed by atoms with Gasteiger partial charge in [0.1, 0.15) is 12.5 Å². The smallest absolute Gasteiger partial charge is 0.116 e. The van der Waals surface area contributed by atoms with E-state index in [0.29, 0.717) is 6.17 Å². The van der Waals surface area contributed by atoms with Gasteiger partial charge in [0.05, 0.1) is 0 Å². The lowest BCUT2D eigenvalue weighted by Crippen LogP contribution is -2.34. The summed E-state index contributed by atoms with van der Waals surface area (Å²) in [7, 11) is 2.07. The Kier molecular flexibility index (Phi) is 4.06. The van der Waals surface area contributed by atoms with Gasteiger partial charge in [-0.2, -0.15) is 5.10 Å². The Morgan fingerprint density at radius 1 is 1.31 bits per heavy atom. The van der Waals surface area contributed by atoms with E-state index in [4.69, 9.17) is 0 Å². The molecule has 0 spiro atoms. The number of nitrogens with zero attached hydrogens (tertiary/aromatic N) is 3. The van der Waals surface area contributed by atoms with Gasteiger partial charge >= 0.3 is 0 Å². The Hall–Kier alpha value is -0.730. The predicted molar refractivity (Wildman–Crippen MR) is 56.6 cm³/mol. The number of hydrazone groups is 1. The third-order valence-corrected chi connectivity index (χ3v) is 2.64. The van der Waals surface area contributed by atoms with Crippen molar-refractivity contribution in [2.45, 2.75) is 45.7 Å². The van der Waals surface area contributed by atoms with Crippen LogP contribution >= 0.6 is 0 Å². The highest BCUT2D eigenvalue weighted by molar-refractivity contribution is 5.56.